The number of rotatable bonds is 2. The Labute approximate surface area is 94.6 Å². The zero-order valence-electron chi connectivity index (χ0n) is 9.14. The number of hydrogen-bond donors (Lipinski definition) is 0. The second-order valence-electron chi connectivity index (χ2n) is 4.05. The second kappa shape index (κ2) is 4.36. The summed E-state index contributed by atoms with van der Waals surface area (Å²) in [6.07, 6.45) is 1.18. The number of hydrogen-bond acceptors (Lipinski definition) is 3. The molecule has 0 spiro atoms. The summed E-state index contributed by atoms with van der Waals surface area (Å²) in [6, 6.07) is 9.69. The van der Waals surface area contributed by atoms with Crippen LogP contribution in [-0.4, -0.2) is 5.97 Å². The fourth-order valence-corrected chi connectivity index (χ4v) is 2.14. The van der Waals surface area contributed by atoms with Gasteiger partial charge in [-0.25, -0.2) is 0 Å². The van der Waals surface area contributed by atoms with Gasteiger partial charge in [0.25, 0.3) is 0 Å². The van der Waals surface area contributed by atoms with Crippen molar-refractivity contribution in [2.75, 3.05) is 0 Å². The molecule has 3 heteroatoms. The van der Waals surface area contributed by atoms with E-state index in [0.717, 1.165) is 5.56 Å². The third kappa shape index (κ3) is 1.79. The highest BCUT2D eigenvalue weighted by Gasteiger charge is 2.33. The number of esters is 1. The summed E-state index contributed by atoms with van der Waals surface area (Å²) in [7, 11) is 0. The van der Waals surface area contributed by atoms with Crippen LogP contribution in [0.5, 0.6) is 5.75 Å². The average molecular weight is 215 g/mol. The largest absolute Gasteiger partial charge is 0.426 e. The van der Waals surface area contributed by atoms with E-state index in [1.54, 1.807) is 6.07 Å². The fourth-order valence-electron chi connectivity index (χ4n) is 2.14. The molecule has 1 aliphatic rings. The van der Waals surface area contributed by atoms with Crippen LogP contribution in [-0.2, 0) is 4.79 Å². The molecule has 0 bridgehead atoms. The van der Waals surface area contributed by atoms with Crippen LogP contribution in [0.1, 0.15) is 31.2 Å². The maximum absolute atomic E-state index is 11.6. The molecule has 1 aromatic rings. The van der Waals surface area contributed by atoms with E-state index in [4.69, 9.17) is 10.00 Å². The topological polar surface area (TPSA) is 50.1 Å². The van der Waals surface area contributed by atoms with E-state index < -0.39 is 0 Å². The van der Waals surface area contributed by atoms with Crippen molar-refractivity contribution in [1.29, 1.82) is 5.26 Å². The molecule has 3 nitrogen and oxygen atoms in total. The molecule has 0 N–H and O–H groups in total. The van der Waals surface area contributed by atoms with E-state index in [2.05, 4.69) is 6.07 Å². The number of nitriles is 1. The summed E-state index contributed by atoms with van der Waals surface area (Å²) in [5, 5.41) is 8.63. The molecule has 2 atom stereocenters. The molecule has 82 valence electrons. The molecule has 0 saturated carbocycles. The van der Waals surface area contributed by atoms with E-state index in [0.29, 0.717) is 18.6 Å². The van der Waals surface area contributed by atoms with Crippen LogP contribution >= 0.6 is 0 Å². The van der Waals surface area contributed by atoms with Gasteiger partial charge < -0.3 is 4.74 Å². The van der Waals surface area contributed by atoms with Gasteiger partial charge in [-0.1, -0.05) is 25.1 Å². The molecule has 0 fully saturated rings. The minimum absolute atomic E-state index is 0.108. The number of fused-ring (bicyclic) bond motifs is 1. The monoisotopic (exact) mass is 215 g/mol. The van der Waals surface area contributed by atoms with Crippen LogP contribution in [0.3, 0.4) is 0 Å². The smallest absolute Gasteiger partial charge is 0.314 e. The van der Waals surface area contributed by atoms with Crippen LogP contribution in [0.25, 0.3) is 0 Å². The van der Waals surface area contributed by atoms with Crippen LogP contribution in [0.15, 0.2) is 24.3 Å². The van der Waals surface area contributed by atoms with E-state index in [1.165, 1.54) is 0 Å². The first-order valence-electron chi connectivity index (χ1n) is 5.41. The SMILES string of the molecule is C[C@H]1C(=O)Oc2ccccc2[C@H]1CCC#N. The molecule has 1 aliphatic heterocycles. The number of carbonyl (C=O) groups excluding carboxylic acids is 1. The summed E-state index contributed by atoms with van der Waals surface area (Å²) >= 11 is 0. The van der Waals surface area contributed by atoms with Gasteiger partial charge in [-0.3, -0.25) is 4.79 Å². The fraction of sp³-hybridized carbons (Fsp3) is 0.385. The highest BCUT2D eigenvalue weighted by Crippen LogP contribution is 2.39. The lowest BCUT2D eigenvalue weighted by Gasteiger charge is -2.29. The Morgan fingerprint density at radius 1 is 1.44 bits per heavy atom. The van der Waals surface area contributed by atoms with E-state index in [9.17, 15) is 4.79 Å². The zero-order chi connectivity index (χ0) is 11.5. The van der Waals surface area contributed by atoms with Gasteiger partial charge in [-0.05, 0) is 18.1 Å². The van der Waals surface area contributed by atoms with Crippen molar-refractivity contribution in [2.24, 2.45) is 5.92 Å². The second-order valence-corrected chi connectivity index (χ2v) is 4.05. The van der Waals surface area contributed by atoms with Crippen molar-refractivity contribution < 1.29 is 9.53 Å². The van der Waals surface area contributed by atoms with Gasteiger partial charge in [0.1, 0.15) is 5.75 Å². The maximum atomic E-state index is 11.6. The van der Waals surface area contributed by atoms with Gasteiger partial charge in [0, 0.05) is 12.3 Å². The number of ether oxygens (including phenoxy) is 1. The van der Waals surface area contributed by atoms with Crippen molar-refractivity contribution in [3.63, 3.8) is 0 Å². The molecule has 1 aromatic carbocycles. The Kier molecular flexibility index (Phi) is 2.91. The molecule has 2 rings (SSSR count). The predicted molar refractivity (Wildman–Crippen MR) is 58.8 cm³/mol. The van der Waals surface area contributed by atoms with Gasteiger partial charge in [0.05, 0.1) is 12.0 Å². The minimum atomic E-state index is -0.193. The minimum Gasteiger partial charge on any atom is -0.426 e. The summed E-state index contributed by atoms with van der Waals surface area (Å²) in [5.41, 5.74) is 1.05. The standard InChI is InChI=1S/C13H13NO2/c1-9-10(6-4-8-14)11-5-2-3-7-12(11)16-13(9)15/h2-3,5,7,9-10H,4,6H2,1H3/t9-,10+/m1/s1. The Hall–Kier alpha value is -1.82. The number of benzene rings is 1. The van der Waals surface area contributed by atoms with Crippen molar-refractivity contribution >= 4 is 5.97 Å². The zero-order valence-corrected chi connectivity index (χ0v) is 9.14. The van der Waals surface area contributed by atoms with Gasteiger partial charge in [0.2, 0.25) is 0 Å². The van der Waals surface area contributed by atoms with Crippen LogP contribution in [0, 0.1) is 17.2 Å². The normalized spacial score (nSPS) is 23.1. The van der Waals surface area contributed by atoms with Gasteiger partial charge >= 0.3 is 5.97 Å². The van der Waals surface area contributed by atoms with E-state index in [-0.39, 0.29) is 17.8 Å². The molecule has 0 amide bonds. The molecule has 16 heavy (non-hydrogen) atoms. The van der Waals surface area contributed by atoms with Crippen LogP contribution in [0.4, 0.5) is 0 Å². The third-order valence-corrected chi connectivity index (χ3v) is 3.07. The van der Waals surface area contributed by atoms with Crippen LogP contribution < -0.4 is 4.74 Å². The summed E-state index contributed by atoms with van der Waals surface area (Å²) < 4.78 is 5.23. The van der Waals surface area contributed by atoms with Gasteiger partial charge in [-0.15, -0.1) is 0 Å². The molecule has 0 aromatic heterocycles. The van der Waals surface area contributed by atoms with Crippen molar-refractivity contribution in [1.82, 2.24) is 0 Å². The molecular formula is C13H13NO2. The Bertz CT molecular complexity index is 447. The quantitative estimate of drug-likeness (QED) is 0.563. The summed E-state index contributed by atoms with van der Waals surface area (Å²) in [5.74, 6) is 0.399. The van der Waals surface area contributed by atoms with Crippen molar-refractivity contribution in [3.05, 3.63) is 29.8 Å². The first-order valence-corrected chi connectivity index (χ1v) is 5.41. The molecule has 1 heterocycles. The predicted octanol–water partition coefficient (Wildman–Crippen LogP) is 2.63. The number of nitrogens with zero attached hydrogens (tertiary/aromatic N) is 1. The maximum Gasteiger partial charge on any atom is 0.314 e. The van der Waals surface area contributed by atoms with Gasteiger partial charge in [-0.2, -0.15) is 5.26 Å². The Morgan fingerprint density at radius 2 is 2.19 bits per heavy atom. The highest BCUT2D eigenvalue weighted by atomic mass is 16.5. The molecule has 0 saturated heterocycles. The van der Waals surface area contributed by atoms with Crippen molar-refractivity contribution in [3.8, 4) is 11.8 Å². The Morgan fingerprint density at radius 3 is 2.94 bits per heavy atom. The lowest BCUT2D eigenvalue weighted by molar-refractivity contribution is -0.140. The van der Waals surface area contributed by atoms with E-state index in [1.807, 2.05) is 25.1 Å². The number of para-hydroxylation sites is 1. The lowest BCUT2D eigenvalue weighted by atomic mass is 9.82. The first kappa shape index (κ1) is 10.7. The summed E-state index contributed by atoms with van der Waals surface area (Å²) in [6.45, 7) is 1.86. The lowest BCUT2D eigenvalue weighted by Crippen LogP contribution is -2.29. The van der Waals surface area contributed by atoms with Crippen LogP contribution in [0.2, 0.25) is 0 Å². The first-order chi connectivity index (χ1) is 7.74. The van der Waals surface area contributed by atoms with Crippen molar-refractivity contribution in [2.45, 2.75) is 25.7 Å². The highest BCUT2D eigenvalue weighted by molar-refractivity contribution is 5.78. The molecular weight excluding hydrogens is 202 g/mol. The third-order valence-electron chi connectivity index (χ3n) is 3.07. The van der Waals surface area contributed by atoms with E-state index >= 15 is 0 Å². The molecule has 0 unspecified atom stereocenters. The molecule has 0 radical (unpaired) electrons. The summed E-state index contributed by atoms with van der Waals surface area (Å²) in [4.78, 5) is 11.6. The average Bonchev–Trinajstić information content (AvgIpc) is 2.30. The Balaban J connectivity index is 2.34. The number of carbonyl (C=O) groups is 1. The van der Waals surface area contributed by atoms with Gasteiger partial charge in [0.15, 0.2) is 0 Å². The molecule has 0 aliphatic carbocycles.